The normalized spacial score (nSPS) is 10.6. The standard InChI is InChI=1S/C13H16IN3O/c1-3-8-17-13(12(15)9(2)16-17)18-11-7-5-4-6-10(11)14/h4-7H,3,8,15H2,1-2H3. The number of nitrogens with zero attached hydrogens (tertiary/aromatic N) is 2. The van der Waals surface area contributed by atoms with Crippen LogP contribution in [-0.4, -0.2) is 9.78 Å². The van der Waals surface area contributed by atoms with Crippen molar-refractivity contribution < 1.29 is 4.74 Å². The minimum Gasteiger partial charge on any atom is -0.436 e. The number of nitrogen functional groups attached to an aromatic ring is 1. The second-order valence-corrected chi connectivity index (χ2v) is 5.22. The largest absolute Gasteiger partial charge is 0.436 e. The quantitative estimate of drug-likeness (QED) is 0.851. The maximum Gasteiger partial charge on any atom is 0.241 e. The fourth-order valence-electron chi connectivity index (χ4n) is 1.68. The lowest BCUT2D eigenvalue weighted by molar-refractivity contribution is 0.408. The molecule has 1 heterocycles. The average Bonchev–Trinajstić information content (AvgIpc) is 2.60. The first-order chi connectivity index (χ1) is 8.63. The summed E-state index contributed by atoms with van der Waals surface area (Å²) in [5.41, 5.74) is 7.44. The van der Waals surface area contributed by atoms with Crippen LogP contribution in [0.1, 0.15) is 19.0 Å². The van der Waals surface area contributed by atoms with E-state index in [-0.39, 0.29) is 0 Å². The van der Waals surface area contributed by atoms with Crippen molar-refractivity contribution in [2.24, 2.45) is 0 Å². The minimum absolute atomic E-state index is 0.614. The maximum absolute atomic E-state index is 6.02. The highest BCUT2D eigenvalue weighted by Crippen LogP contribution is 2.32. The van der Waals surface area contributed by atoms with Gasteiger partial charge in [-0.25, -0.2) is 4.68 Å². The van der Waals surface area contributed by atoms with E-state index in [2.05, 4.69) is 34.6 Å². The van der Waals surface area contributed by atoms with Crippen molar-refractivity contribution in [1.82, 2.24) is 9.78 Å². The van der Waals surface area contributed by atoms with E-state index in [1.165, 1.54) is 0 Å². The molecule has 0 amide bonds. The fourth-order valence-corrected chi connectivity index (χ4v) is 2.17. The fraction of sp³-hybridized carbons (Fsp3) is 0.308. The number of ether oxygens (including phenoxy) is 1. The summed E-state index contributed by atoms with van der Waals surface area (Å²) in [4.78, 5) is 0. The van der Waals surface area contributed by atoms with Gasteiger partial charge in [-0.05, 0) is 48.1 Å². The molecule has 0 unspecified atom stereocenters. The van der Waals surface area contributed by atoms with Gasteiger partial charge in [0, 0.05) is 6.54 Å². The molecule has 0 saturated heterocycles. The number of aromatic nitrogens is 2. The Kier molecular flexibility index (Phi) is 4.11. The summed E-state index contributed by atoms with van der Waals surface area (Å²) in [5, 5.41) is 4.39. The molecule has 0 aliphatic heterocycles. The van der Waals surface area contributed by atoms with Gasteiger partial charge in [0.1, 0.15) is 11.4 Å². The van der Waals surface area contributed by atoms with E-state index in [1.54, 1.807) is 0 Å². The summed E-state index contributed by atoms with van der Waals surface area (Å²) < 4.78 is 8.79. The molecule has 0 aliphatic rings. The van der Waals surface area contributed by atoms with Crippen LogP contribution in [0.3, 0.4) is 0 Å². The third-order valence-corrected chi connectivity index (χ3v) is 3.50. The lowest BCUT2D eigenvalue weighted by Gasteiger charge is -2.10. The molecule has 96 valence electrons. The zero-order chi connectivity index (χ0) is 13.1. The van der Waals surface area contributed by atoms with Crippen LogP contribution in [0.25, 0.3) is 0 Å². The maximum atomic E-state index is 6.02. The Morgan fingerprint density at radius 2 is 2.11 bits per heavy atom. The van der Waals surface area contributed by atoms with Crippen molar-refractivity contribution in [3.8, 4) is 11.6 Å². The molecular formula is C13H16IN3O. The molecule has 1 aromatic carbocycles. The monoisotopic (exact) mass is 357 g/mol. The predicted molar refractivity (Wildman–Crippen MR) is 80.9 cm³/mol. The molecule has 0 atom stereocenters. The van der Waals surface area contributed by atoms with Crippen LogP contribution in [0.15, 0.2) is 24.3 Å². The van der Waals surface area contributed by atoms with Crippen LogP contribution in [-0.2, 0) is 6.54 Å². The van der Waals surface area contributed by atoms with E-state index >= 15 is 0 Å². The van der Waals surface area contributed by atoms with Gasteiger partial charge in [0.05, 0.1) is 9.26 Å². The van der Waals surface area contributed by atoms with E-state index < -0.39 is 0 Å². The van der Waals surface area contributed by atoms with Gasteiger partial charge in [-0.3, -0.25) is 0 Å². The molecule has 2 rings (SSSR count). The lowest BCUT2D eigenvalue weighted by atomic mass is 10.3. The summed E-state index contributed by atoms with van der Waals surface area (Å²) in [6.07, 6.45) is 0.989. The number of para-hydroxylation sites is 1. The number of hydrogen-bond donors (Lipinski definition) is 1. The van der Waals surface area contributed by atoms with Crippen molar-refractivity contribution in [2.45, 2.75) is 26.8 Å². The summed E-state index contributed by atoms with van der Waals surface area (Å²) in [5.74, 6) is 1.44. The number of anilines is 1. The Bertz CT molecular complexity index is 551. The van der Waals surface area contributed by atoms with E-state index in [0.717, 1.165) is 28.0 Å². The minimum atomic E-state index is 0.614. The van der Waals surface area contributed by atoms with Crippen LogP contribution in [0.4, 0.5) is 5.69 Å². The van der Waals surface area contributed by atoms with Crippen molar-refractivity contribution in [3.05, 3.63) is 33.5 Å². The second kappa shape index (κ2) is 5.60. The molecule has 0 aliphatic carbocycles. The van der Waals surface area contributed by atoms with Gasteiger partial charge in [0.25, 0.3) is 0 Å². The molecule has 0 spiro atoms. The Labute approximate surface area is 120 Å². The zero-order valence-electron chi connectivity index (χ0n) is 10.5. The highest BCUT2D eigenvalue weighted by Gasteiger charge is 2.15. The summed E-state index contributed by atoms with van der Waals surface area (Å²) in [6, 6.07) is 7.85. The highest BCUT2D eigenvalue weighted by atomic mass is 127. The number of hydrogen-bond acceptors (Lipinski definition) is 3. The third kappa shape index (κ3) is 2.60. The molecule has 1 aromatic heterocycles. The highest BCUT2D eigenvalue weighted by molar-refractivity contribution is 14.1. The third-order valence-electron chi connectivity index (χ3n) is 2.60. The van der Waals surface area contributed by atoms with E-state index in [0.29, 0.717) is 11.6 Å². The molecule has 5 heteroatoms. The Hall–Kier alpha value is -1.24. The van der Waals surface area contributed by atoms with Crippen LogP contribution in [0.2, 0.25) is 0 Å². The number of halogens is 1. The Morgan fingerprint density at radius 3 is 2.78 bits per heavy atom. The summed E-state index contributed by atoms with van der Waals surface area (Å²) >= 11 is 2.24. The van der Waals surface area contributed by atoms with Gasteiger partial charge in [0.2, 0.25) is 5.88 Å². The van der Waals surface area contributed by atoms with Crippen LogP contribution in [0.5, 0.6) is 11.6 Å². The number of benzene rings is 1. The summed E-state index contributed by atoms with van der Waals surface area (Å²) in [6.45, 7) is 4.80. The van der Waals surface area contributed by atoms with Gasteiger partial charge in [-0.15, -0.1) is 0 Å². The van der Waals surface area contributed by atoms with E-state index in [9.17, 15) is 0 Å². The average molecular weight is 357 g/mol. The Morgan fingerprint density at radius 1 is 1.39 bits per heavy atom. The number of rotatable bonds is 4. The zero-order valence-corrected chi connectivity index (χ0v) is 12.6. The first kappa shape index (κ1) is 13.2. The second-order valence-electron chi connectivity index (χ2n) is 4.06. The topological polar surface area (TPSA) is 53.1 Å². The van der Waals surface area contributed by atoms with Crippen LogP contribution < -0.4 is 10.5 Å². The smallest absolute Gasteiger partial charge is 0.241 e. The van der Waals surface area contributed by atoms with Crippen molar-refractivity contribution in [2.75, 3.05) is 5.73 Å². The molecule has 18 heavy (non-hydrogen) atoms. The van der Waals surface area contributed by atoms with Gasteiger partial charge in [-0.1, -0.05) is 19.1 Å². The first-order valence-corrected chi connectivity index (χ1v) is 6.96. The van der Waals surface area contributed by atoms with Gasteiger partial charge >= 0.3 is 0 Å². The molecule has 0 fully saturated rings. The van der Waals surface area contributed by atoms with Crippen LogP contribution in [0, 0.1) is 10.5 Å². The molecule has 0 radical (unpaired) electrons. The number of aryl methyl sites for hydroxylation is 2. The molecule has 2 aromatic rings. The Balaban J connectivity index is 2.36. The van der Waals surface area contributed by atoms with Gasteiger partial charge < -0.3 is 10.5 Å². The molecule has 0 saturated carbocycles. The summed E-state index contributed by atoms with van der Waals surface area (Å²) in [7, 11) is 0. The molecule has 4 nitrogen and oxygen atoms in total. The van der Waals surface area contributed by atoms with E-state index in [4.69, 9.17) is 10.5 Å². The van der Waals surface area contributed by atoms with Gasteiger partial charge in [0.15, 0.2) is 0 Å². The van der Waals surface area contributed by atoms with Crippen molar-refractivity contribution in [3.63, 3.8) is 0 Å². The van der Waals surface area contributed by atoms with E-state index in [1.807, 2.05) is 35.9 Å². The predicted octanol–water partition coefficient (Wildman–Crippen LogP) is 3.58. The lowest BCUT2D eigenvalue weighted by Crippen LogP contribution is -2.03. The molecule has 2 N–H and O–H groups in total. The molecule has 0 bridgehead atoms. The SMILES string of the molecule is CCCn1nc(C)c(N)c1Oc1ccccc1I. The molecular weight excluding hydrogens is 341 g/mol. The van der Waals surface area contributed by atoms with Crippen LogP contribution >= 0.6 is 22.6 Å². The van der Waals surface area contributed by atoms with Crippen molar-refractivity contribution in [1.29, 1.82) is 0 Å². The van der Waals surface area contributed by atoms with Crippen molar-refractivity contribution >= 4 is 28.3 Å². The number of nitrogens with two attached hydrogens (primary N) is 1. The van der Waals surface area contributed by atoms with Gasteiger partial charge in [-0.2, -0.15) is 5.10 Å². The first-order valence-electron chi connectivity index (χ1n) is 5.88.